The van der Waals surface area contributed by atoms with Gasteiger partial charge in [-0.1, -0.05) is 6.07 Å². The van der Waals surface area contributed by atoms with Crippen LogP contribution < -0.4 is 20.8 Å². The Bertz CT molecular complexity index is 1310. The Hall–Kier alpha value is -3.51. The number of β-lactam (4-membered cyclic amide) rings is 1. The third-order valence-corrected chi connectivity index (χ3v) is 8.80. The quantitative estimate of drug-likeness (QED) is 0.142. The molecule has 0 radical (unpaired) electrons. The zero-order valence-corrected chi connectivity index (χ0v) is 22.0. The highest BCUT2D eigenvalue weighted by Gasteiger charge is 2.54. The molecule has 4 amide bonds. The van der Waals surface area contributed by atoms with Crippen molar-refractivity contribution in [1.29, 1.82) is 0 Å². The van der Waals surface area contributed by atoms with E-state index in [0.717, 1.165) is 28.0 Å². The van der Waals surface area contributed by atoms with E-state index in [9.17, 15) is 42.7 Å². The molecule has 4 rings (SSSR count). The van der Waals surface area contributed by atoms with Crippen LogP contribution in [0.15, 0.2) is 52.1 Å². The van der Waals surface area contributed by atoms with Crippen molar-refractivity contribution in [3.63, 3.8) is 0 Å². The first kappa shape index (κ1) is 28.5. The molecule has 4 heterocycles. The molecule has 12 nitrogen and oxygen atoms in total. The van der Waals surface area contributed by atoms with E-state index in [-0.39, 0.29) is 22.2 Å². The number of carbonyl (C=O) groups is 4. The summed E-state index contributed by atoms with van der Waals surface area (Å²) in [7, 11) is 0. The lowest BCUT2D eigenvalue weighted by Crippen LogP contribution is -2.71. The van der Waals surface area contributed by atoms with Crippen molar-refractivity contribution in [3.8, 4) is 0 Å². The fourth-order valence-corrected chi connectivity index (χ4v) is 6.87. The van der Waals surface area contributed by atoms with Gasteiger partial charge in [0.15, 0.2) is 0 Å². The zero-order chi connectivity index (χ0) is 28.3. The number of rotatable bonds is 9. The van der Waals surface area contributed by atoms with E-state index in [2.05, 4.69) is 15.7 Å². The van der Waals surface area contributed by atoms with E-state index < -0.39 is 54.0 Å². The monoisotopic (exact) mass is 604 g/mol. The summed E-state index contributed by atoms with van der Waals surface area (Å²) in [4.78, 5) is 51.9. The molecule has 0 bridgehead atoms. The summed E-state index contributed by atoms with van der Waals surface area (Å²) in [6.45, 7) is -1.60. The Morgan fingerprint density at radius 1 is 1.31 bits per heavy atom. The van der Waals surface area contributed by atoms with Crippen molar-refractivity contribution in [2.45, 2.75) is 28.7 Å². The van der Waals surface area contributed by atoms with Crippen LogP contribution in [-0.2, 0) is 14.4 Å². The lowest BCUT2D eigenvalue weighted by atomic mass is 10.0. The van der Waals surface area contributed by atoms with Gasteiger partial charge in [-0.3, -0.25) is 14.5 Å². The van der Waals surface area contributed by atoms with Crippen molar-refractivity contribution >= 4 is 58.7 Å². The van der Waals surface area contributed by atoms with Gasteiger partial charge < -0.3 is 26.3 Å². The third-order valence-electron chi connectivity index (χ3n) is 5.44. The van der Waals surface area contributed by atoms with E-state index >= 15 is 0 Å². The number of thiophene rings is 1. The molecule has 0 aromatic carbocycles. The molecule has 18 heteroatoms. The maximum atomic E-state index is 13.1. The number of carboxylic acids is 1. The molecular formula is C21H19F3N6O6S3. The van der Waals surface area contributed by atoms with E-state index in [1.807, 2.05) is 0 Å². The first-order valence-corrected chi connectivity index (χ1v) is 13.9. The minimum atomic E-state index is -4.65. The fourth-order valence-electron chi connectivity index (χ4n) is 3.72. The Morgan fingerprint density at radius 2 is 2.08 bits per heavy atom. The summed E-state index contributed by atoms with van der Waals surface area (Å²) >= 11 is 3.33. The van der Waals surface area contributed by atoms with Gasteiger partial charge >= 0.3 is 18.2 Å². The number of halogens is 3. The number of urea groups is 1. The number of aromatic nitrogens is 2. The SMILES string of the molecule is O=C(NCC(F)(F)F)NC(C(=O)N[C@@H]1C(=O)N2C(C(=O)O)=C(CSc3cccn[n+]3[O-])CSC12)c1cccs1. The molecule has 1 saturated heterocycles. The van der Waals surface area contributed by atoms with E-state index in [0.29, 0.717) is 15.3 Å². The number of amides is 4. The summed E-state index contributed by atoms with van der Waals surface area (Å²) in [6.07, 6.45) is -3.35. The number of carbonyl (C=O) groups excluding carboxylic acids is 3. The fraction of sp³-hybridized carbons (Fsp3) is 0.333. The number of fused-ring (bicyclic) bond motifs is 1. The van der Waals surface area contributed by atoms with Crippen LogP contribution in [-0.4, -0.2) is 74.6 Å². The van der Waals surface area contributed by atoms with Crippen LogP contribution in [0.3, 0.4) is 0 Å². The average molecular weight is 605 g/mol. The summed E-state index contributed by atoms with van der Waals surface area (Å²) in [5, 5.41) is 32.6. The van der Waals surface area contributed by atoms with E-state index in [1.165, 1.54) is 30.1 Å². The molecule has 0 aliphatic carbocycles. The van der Waals surface area contributed by atoms with Gasteiger partial charge in [-0.15, -0.1) is 23.1 Å². The molecule has 2 aromatic rings. The second-order valence-electron chi connectivity index (χ2n) is 8.07. The van der Waals surface area contributed by atoms with Gasteiger partial charge in [0.1, 0.15) is 29.7 Å². The predicted molar refractivity (Wildman–Crippen MR) is 133 cm³/mol. The minimum Gasteiger partial charge on any atom is -0.593 e. The molecule has 2 unspecified atom stereocenters. The van der Waals surface area contributed by atoms with Crippen molar-refractivity contribution < 1.29 is 42.3 Å². The Balaban J connectivity index is 1.45. The van der Waals surface area contributed by atoms with E-state index in [1.54, 1.807) is 22.8 Å². The maximum absolute atomic E-state index is 13.1. The van der Waals surface area contributed by atoms with Crippen LogP contribution in [0.5, 0.6) is 0 Å². The van der Waals surface area contributed by atoms with Crippen LogP contribution in [0.4, 0.5) is 18.0 Å². The molecule has 2 aliphatic heterocycles. The summed E-state index contributed by atoms with van der Waals surface area (Å²) in [5.41, 5.74) is 0.151. The zero-order valence-electron chi connectivity index (χ0n) is 19.5. The number of nitrogens with one attached hydrogen (secondary N) is 3. The number of hydrogen-bond acceptors (Lipinski definition) is 9. The number of carboxylic acid groups (broad SMARTS) is 1. The Morgan fingerprint density at radius 3 is 2.72 bits per heavy atom. The van der Waals surface area contributed by atoms with Crippen LogP contribution in [0.25, 0.3) is 0 Å². The minimum absolute atomic E-state index is 0.105. The van der Waals surface area contributed by atoms with Crippen molar-refractivity contribution in [2.24, 2.45) is 0 Å². The molecule has 208 valence electrons. The number of nitrogens with zero attached hydrogens (tertiary/aromatic N) is 3. The molecule has 2 aromatic heterocycles. The molecule has 4 N–H and O–H groups in total. The van der Waals surface area contributed by atoms with Gasteiger partial charge in [0.2, 0.25) is 5.91 Å². The third kappa shape index (κ3) is 6.56. The standard InChI is InChI=1S/C21H19F3N6O6S3/c22-21(23,24)9-25-20(35)28-13(11-3-2-6-37-11)16(31)27-14-17(32)29-15(19(33)34)10(8-39-18(14)29)7-38-12-4-1-5-26-30(12)36/h1-6,13-14,18H,7-9H2,(H,27,31)(H,33,34)(H2,25,28,35)/t13?,14-,18?/m1/s1. The van der Waals surface area contributed by atoms with Gasteiger partial charge in [0.25, 0.3) is 10.9 Å². The lowest BCUT2D eigenvalue weighted by Gasteiger charge is -2.49. The number of thioether (sulfide) groups is 2. The van der Waals surface area contributed by atoms with Crippen LogP contribution in [0.2, 0.25) is 0 Å². The smallest absolute Gasteiger partial charge is 0.405 e. The first-order chi connectivity index (χ1) is 18.5. The first-order valence-electron chi connectivity index (χ1n) is 11.0. The average Bonchev–Trinajstić information content (AvgIpc) is 3.42. The molecule has 2 aliphatic rings. The topological polar surface area (TPSA) is 168 Å². The van der Waals surface area contributed by atoms with Crippen molar-refractivity contribution in [3.05, 3.63) is 57.2 Å². The number of alkyl halides is 3. The second kappa shape index (κ2) is 11.7. The van der Waals surface area contributed by atoms with Gasteiger partial charge in [-0.25, -0.2) is 9.59 Å². The maximum Gasteiger partial charge on any atom is 0.405 e. The highest BCUT2D eigenvalue weighted by molar-refractivity contribution is 8.01. The molecular weight excluding hydrogens is 585 g/mol. The molecule has 0 saturated carbocycles. The highest BCUT2D eigenvalue weighted by atomic mass is 32.2. The summed E-state index contributed by atoms with van der Waals surface area (Å²) in [5.74, 6) is -2.60. The number of aliphatic carboxylic acids is 1. The molecule has 1 fully saturated rings. The van der Waals surface area contributed by atoms with Crippen molar-refractivity contribution in [1.82, 2.24) is 25.9 Å². The van der Waals surface area contributed by atoms with Gasteiger partial charge in [0.05, 0.1) is 6.20 Å². The molecule has 3 atom stereocenters. The highest BCUT2D eigenvalue weighted by Crippen LogP contribution is 2.41. The molecule has 39 heavy (non-hydrogen) atoms. The van der Waals surface area contributed by atoms with Crippen LogP contribution >= 0.6 is 34.9 Å². The largest absolute Gasteiger partial charge is 0.593 e. The summed E-state index contributed by atoms with van der Waals surface area (Å²) in [6, 6.07) is 2.38. The van der Waals surface area contributed by atoms with Gasteiger partial charge in [-0.2, -0.15) is 13.2 Å². The normalized spacial score (nSPS) is 19.6. The van der Waals surface area contributed by atoms with Crippen LogP contribution in [0, 0.1) is 5.21 Å². The van der Waals surface area contributed by atoms with Crippen molar-refractivity contribution in [2.75, 3.05) is 18.1 Å². The predicted octanol–water partition coefficient (Wildman–Crippen LogP) is 1.21. The van der Waals surface area contributed by atoms with Gasteiger partial charge in [-0.05, 0) is 39.7 Å². The lowest BCUT2D eigenvalue weighted by molar-refractivity contribution is -0.706. The summed E-state index contributed by atoms with van der Waals surface area (Å²) < 4.78 is 37.4. The van der Waals surface area contributed by atoms with Gasteiger partial charge in [0, 0.05) is 27.5 Å². The van der Waals surface area contributed by atoms with Crippen LogP contribution in [0.1, 0.15) is 10.9 Å². The molecule has 0 spiro atoms. The Kier molecular flexibility index (Phi) is 8.55. The second-order valence-corrected chi connectivity index (χ2v) is 11.1. The number of hydrogen-bond donors (Lipinski definition) is 4. The van der Waals surface area contributed by atoms with E-state index in [4.69, 9.17) is 0 Å². The Labute approximate surface area is 230 Å².